The van der Waals surface area contributed by atoms with E-state index in [1.807, 2.05) is 25.1 Å². The second-order valence-corrected chi connectivity index (χ2v) is 3.85. The Labute approximate surface area is 100 Å². The Morgan fingerprint density at radius 2 is 2.18 bits per heavy atom. The number of hydrogen-bond acceptors (Lipinski definition) is 4. The molecule has 0 saturated heterocycles. The van der Waals surface area contributed by atoms with Gasteiger partial charge in [-0.15, -0.1) is 0 Å². The van der Waals surface area contributed by atoms with Gasteiger partial charge in [0.15, 0.2) is 5.76 Å². The van der Waals surface area contributed by atoms with E-state index in [9.17, 15) is 0 Å². The molecule has 0 bridgehead atoms. The first kappa shape index (κ1) is 11.5. The molecule has 0 saturated carbocycles. The summed E-state index contributed by atoms with van der Waals surface area (Å²) < 4.78 is 10.8. The molecule has 1 aromatic heterocycles. The van der Waals surface area contributed by atoms with E-state index in [1.54, 1.807) is 7.11 Å². The summed E-state index contributed by atoms with van der Waals surface area (Å²) in [6.45, 7) is 3.97. The summed E-state index contributed by atoms with van der Waals surface area (Å²) in [6, 6.07) is 6.21. The van der Waals surface area contributed by atoms with Crippen LogP contribution in [-0.2, 0) is 6.42 Å². The largest absolute Gasteiger partial charge is 0.496 e. The molecule has 2 aromatic rings. The maximum absolute atomic E-state index is 5.56. The number of aromatic nitrogens is 1. The fourth-order valence-electron chi connectivity index (χ4n) is 1.82. The summed E-state index contributed by atoms with van der Waals surface area (Å²) in [4.78, 5) is 4.07. The SMILES string of the molecule is CCc1ccc(OC)c(-c2oc(N)nc2C)c1. The molecule has 17 heavy (non-hydrogen) atoms. The minimum Gasteiger partial charge on any atom is -0.496 e. The van der Waals surface area contributed by atoms with E-state index >= 15 is 0 Å². The second kappa shape index (κ2) is 4.49. The molecule has 0 aliphatic carbocycles. The molecule has 0 aliphatic heterocycles. The van der Waals surface area contributed by atoms with E-state index < -0.39 is 0 Å². The molecule has 0 spiro atoms. The Balaban J connectivity index is 2.59. The van der Waals surface area contributed by atoms with Crippen LogP contribution in [0.2, 0.25) is 0 Å². The van der Waals surface area contributed by atoms with Crippen LogP contribution in [0.4, 0.5) is 6.01 Å². The average Bonchev–Trinajstić information content (AvgIpc) is 2.67. The van der Waals surface area contributed by atoms with Gasteiger partial charge in [0.05, 0.1) is 18.4 Å². The fraction of sp³-hybridized carbons (Fsp3) is 0.308. The molecular weight excluding hydrogens is 216 g/mol. The minimum absolute atomic E-state index is 0.182. The van der Waals surface area contributed by atoms with Crippen LogP contribution >= 0.6 is 0 Å². The van der Waals surface area contributed by atoms with E-state index in [-0.39, 0.29) is 6.01 Å². The van der Waals surface area contributed by atoms with Gasteiger partial charge in [-0.1, -0.05) is 13.0 Å². The summed E-state index contributed by atoms with van der Waals surface area (Å²) in [5.74, 6) is 1.44. The maximum Gasteiger partial charge on any atom is 0.292 e. The minimum atomic E-state index is 0.182. The molecule has 0 amide bonds. The fourth-order valence-corrected chi connectivity index (χ4v) is 1.82. The number of nitrogens with zero attached hydrogens (tertiary/aromatic N) is 1. The van der Waals surface area contributed by atoms with Crippen molar-refractivity contribution < 1.29 is 9.15 Å². The zero-order valence-electron chi connectivity index (χ0n) is 10.3. The van der Waals surface area contributed by atoms with Crippen molar-refractivity contribution in [2.45, 2.75) is 20.3 Å². The second-order valence-electron chi connectivity index (χ2n) is 3.85. The first-order valence-electron chi connectivity index (χ1n) is 5.56. The van der Waals surface area contributed by atoms with Gasteiger partial charge in [0.2, 0.25) is 0 Å². The number of oxazole rings is 1. The number of aryl methyl sites for hydroxylation is 2. The molecule has 2 N–H and O–H groups in total. The van der Waals surface area contributed by atoms with Crippen LogP contribution in [0.3, 0.4) is 0 Å². The quantitative estimate of drug-likeness (QED) is 0.883. The van der Waals surface area contributed by atoms with Gasteiger partial charge in [0.1, 0.15) is 5.75 Å². The molecule has 0 aliphatic rings. The number of nitrogens with two attached hydrogens (primary N) is 1. The van der Waals surface area contributed by atoms with Crippen LogP contribution in [0.5, 0.6) is 5.75 Å². The summed E-state index contributed by atoms with van der Waals surface area (Å²) in [6.07, 6.45) is 0.958. The Morgan fingerprint density at radius 1 is 1.41 bits per heavy atom. The van der Waals surface area contributed by atoms with Gasteiger partial charge in [0.25, 0.3) is 6.01 Å². The van der Waals surface area contributed by atoms with Crippen molar-refractivity contribution in [3.05, 3.63) is 29.5 Å². The summed E-state index contributed by atoms with van der Waals surface area (Å²) >= 11 is 0. The number of rotatable bonds is 3. The van der Waals surface area contributed by atoms with E-state index in [4.69, 9.17) is 14.9 Å². The standard InChI is InChI=1S/C13H16N2O2/c1-4-9-5-6-11(16-3)10(7-9)12-8(2)15-13(14)17-12/h5-7H,4H2,1-3H3,(H2,14,15). The van der Waals surface area contributed by atoms with E-state index in [0.717, 1.165) is 23.4 Å². The Morgan fingerprint density at radius 3 is 2.71 bits per heavy atom. The molecule has 1 aromatic carbocycles. The molecule has 1 heterocycles. The highest BCUT2D eigenvalue weighted by Crippen LogP contribution is 2.34. The van der Waals surface area contributed by atoms with Gasteiger partial charge >= 0.3 is 0 Å². The molecule has 0 unspecified atom stereocenters. The summed E-state index contributed by atoms with van der Waals surface area (Å²) in [7, 11) is 1.64. The lowest BCUT2D eigenvalue weighted by Gasteiger charge is -2.08. The normalized spacial score (nSPS) is 10.5. The van der Waals surface area contributed by atoms with Crippen molar-refractivity contribution >= 4 is 6.01 Å². The van der Waals surface area contributed by atoms with Crippen molar-refractivity contribution in [3.8, 4) is 17.1 Å². The van der Waals surface area contributed by atoms with Crippen molar-refractivity contribution in [2.24, 2.45) is 0 Å². The Hall–Kier alpha value is -1.97. The Bertz CT molecular complexity index is 532. The van der Waals surface area contributed by atoms with Gasteiger partial charge in [-0.2, -0.15) is 4.98 Å². The van der Waals surface area contributed by atoms with Gasteiger partial charge in [0, 0.05) is 0 Å². The van der Waals surface area contributed by atoms with Gasteiger partial charge in [-0.25, -0.2) is 0 Å². The number of anilines is 1. The van der Waals surface area contributed by atoms with Crippen molar-refractivity contribution in [1.29, 1.82) is 0 Å². The van der Waals surface area contributed by atoms with Crippen LogP contribution in [-0.4, -0.2) is 12.1 Å². The van der Waals surface area contributed by atoms with Crippen molar-refractivity contribution in [2.75, 3.05) is 12.8 Å². The van der Waals surface area contributed by atoms with Gasteiger partial charge in [-0.05, 0) is 31.0 Å². The molecule has 0 fully saturated rings. The zero-order chi connectivity index (χ0) is 12.4. The highest BCUT2D eigenvalue weighted by atomic mass is 16.5. The van der Waals surface area contributed by atoms with Gasteiger partial charge in [-0.3, -0.25) is 0 Å². The number of ether oxygens (including phenoxy) is 1. The van der Waals surface area contributed by atoms with E-state index in [0.29, 0.717) is 5.76 Å². The molecule has 0 atom stereocenters. The third-order valence-electron chi connectivity index (χ3n) is 2.73. The molecular formula is C13H16N2O2. The lowest BCUT2D eigenvalue weighted by molar-refractivity contribution is 0.414. The molecule has 0 radical (unpaired) electrons. The molecule has 4 nitrogen and oxygen atoms in total. The number of methoxy groups -OCH3 is 1. The van der Waals surface area contributed by atoms with Crippen LogP contribution in [0, 0.1) is 6.92 Å². The van der Waals surface area contributed by atoms with E-state index in [2.05, 4.69) is 11.9 Å². The highest BCUT2D eigenvalue weighted by Gasteiger charge is 2.15. The number of hydrogen-bond donors (Lipinski definition) is 1. The third kappa shape index (κ3) is 2.11. The lowest BCUT2D eigenvalue weighted by atomic mass is 10.0. The number of nitrogen functional groups attached to an aromatic ring is 1. The Kier molecular flexibility index (Phi) is 3.04. The maximum atomic E-state index is 5.56. The van der Waals surface area contributed by atoms with Crippen molar-refractivity contribution in [1.82, 2.24) is 4.98 Å². The number of benzene rings is 1. The summed E-state index contributed by atoms with van der Waals surface area (Å²) in [5.41, 5.74) is 8.45. The highest BCUT2D eigenvalue weighted by molar-refractivity contribution is 5.69. The summed E-state index contributed by atoms with van der Waals surface area (Å²) in [5, 5.41) is 0. The molecule has 90 valence electrons. The predicted molar refractivity (Wildman–Crippen MR) is 67.0 cm³/mol. The van der Waals surface area contributed by atoms with Crippen LogP contribution in [0.15, 0.2) is 22.6 Å². The monoisotopic (exact) mass is 232 g/mol. The third-order valence-corrected chi connectivity index (χ3v) is 2.73. The van der Waals surface area contributed by atoms with Crippen LogP contribution < -0.4 is 10.5 Å². The van der Waals surface area contributed by atoms with E-state index in [1.165, 1.54) is 5.56 Å². The lowest BCUT2D eigenvalue weighted by Crippen LogP contribution is -1.90. The van der Waals surface area contributed by atoms with Crippen LogP contribution in [0.25, 0.3) is 11.3 Å². The molecule has 2 rings (SSSR count). The van der Waals surface area contributed by atoms with Gasteiger partial charge < -0.3 is 14.9 Å². The smallest absolute Gasteiger partial charge is 0.292 e. The zero-order valence-corrected chi connectivity index (χ0v) is 10.3. The average molecular weight is 232 g/mol. The van der Waals surface area contributed by atoms with Crippen molar-refractivity contribution in [3.63, 3.8) is 0 Å². The van der Waals surface area contributed by atoms with Crippen LogP contribution in [0.1, 0.15) is 18.2 Å². The topological polar surface area (TPSA) is 61.3 Å². The first-order valence-corrected chi connectivity index (χ1v) is 5.56. The first-order chi connectivity index (χ1) is 8.15. The molecule has 4 heteroatoms. The predicted octanol–water partition coefficient (Wildman–Crippen LogP) is 2.80.